The molecule has 1 aliphatic heterocycles. The van der Waals surface area contributed by atoms with E-state index in [0.717, 1.165) is 16.7 Å². The number of nitrogens with one attached hydrogen (secondary N) is 1. The molecule has 0 aromatic heterocycles. The van der Waals surface area contributed by atoms with Crippen LogP contribution in [0.25, 0.3) is 0 Å². The number of ketones is 1. The van der Waals surface area contributed by atoms with Gasteiger partial charge in [0, 0.05) is 18.1 Å². The molecule has 0 spiro atoms. The van der Waals surface area contributed by atoms with Crippen molar-refractivity contribution in [1.29, 1.82) is 0 Å². The van der Waals surface area contributed by atoms with Gasteiger partial charge in [0.15, 0.2) is 0 Å². The lowest BCUT2D eigenvalue weighted by Crippen LogP contribution is -2.24. The number of halogens is 1. The highest BCUT2D eigenvalue weighted by Crippen LogP contribution is 2.34. The van der Waals surface area contributed by atoms with Crippen LogP contribution in [0.2, 0.25) is 0 Å². The first-order chi connectivity index (χ1) is 9.40. The van der Waals surface area contributed by atoms with Crippen molar-refractivity contribution >= 4 is 39.0 Å². The molecule has 6 heteroatoms. The number of carbonyl (C=O) groups is 2. The average Bonchev–Trinajstić information content (AvgIpc) is 2.64. The van der Waals surface area contributed by atoms with Crippen LogP contribution in [0.5, 0.6) is 0 Å². The van der Waals surface area contributed by atoms with Crippen LogP contribution >= 0.6 is 15.9 Å². The highest BCUT2D eigenvalue weighted by Gasteiger charge is 2.29. The van der Waals surface area contributed by atoms with E-state index in [1.54, 1.807) is 12.1 Å². The number of amides is 1. The predicted octanol–water partition coefficient (Wildman–Crippen LogP) is 2.45. The Balaban J connectivity index is 2.15. The zero-order valence-corrected chi connectivity index (χ0v) is 13.3. The van der Waals surface area contributed by atoms with Crippen LogP contribution in [0.1, 0.15) is 24.2 Å². The summed E-state index contributed by atoms with van der Waals surface area (Å²) in [4.78, 5) is 25.0. The van der Waals surface area contributed by atoms with Crippen LogP contribution in [0.4, 0.5) is 11.4 Å². The highest BCUT2D eigenvalue weighted by atomic mass is 79.9. The van der Waals surface area contributed by atoms with Gasteiger partial charge in [-0.3, -0.25) is 9.59 Å². The summed E-state index contributed by atoms with van der Waals surface area (Å²) in [5.74, 6) is -1.06. The van der Waals surface area contributed by atoms with E-state index in [-0.39, 0.29) is 6.10 Å². The maximum absolute atomic E-state index is 11.6. The normalized spacial score (nSPS) is 13.7. The molecule has 1 heterocycles. The summed E-state index contributed by atoms with van der Waals surface area (Å²) in [5, 5.41) is 2.58. The third-order valence-electron chi connectivity index (χ3n) is 3.08. The van der Waals surface area contributed by atoms with Gasteiger partial charge in [-0.25, -0.2) is 0 Å². The Bertz CT molecular complexity index is 558. The van der Waals surface area contributed by atoms with E-state index in [0.29, 0.717) is 17.9 Å². The number of hydrogen-bond acceptors (Lipinski definition) is 4. The lowest BCUT2D eigenvalue weighted by atomic mass is 10.1. The van der Waals surface area contributed by atoms with Crippen molar-refractivity contribution in [2.24, 2.45) is 0 Å². The summed E-state index contributed by atoms with van der Waals surface area (Å²) in [7, 11) is 1.94. The Morgan fingerprint density at radius 2 is 2.05 bits per heavy atom. The first kappa shape index (κ1) is 15.0. The summed E-state index contributed by atoms with van der Waals surface area (Å²) in [6.07, 6.45) is 0.198. The minimum Gasteiger partial charge on any atom is -0.377 e. The standard InChI is InChI=1S/C14H17BrN2O3/c1-8(2)20-5-4-17(3)12-7-11-9(6-10(12)15)13(18)14(19)16-11/h6-8H,4-5H2,1-3H3,(H,16,18,19). The maximum Gasteiger partial charge on any atom is 0.296 e. The van der Waals surface area contributed by atoms with Crippen LogP contribution in [-0.2, 0) is 9.53 Å². The van der Waals surface area contributed by atoms with E-state index in [4.69, 9.17) is 4.74 Å². The minimum absolute atomic E-state index is 0.198. The van der Waals surface area contributed by atoms with E-state index in [9.17, 15) is 9.59 Å². The smallest absolute Gasteiger partial charge is 0.296 e. The summed E-state index contributed by atoms with van der Waals surface area (Å²) >= 11 is 3.44. The molecule has 1 aromatic carbocycles. The number of nitrogens with zero attached hydrogens (tertiary/aromatic N) is 1. The summed E-state index contributed by atoms with van der Waals surface area (Å²) < 4.78 is 6.31. The average molecular weight is 341 g/mol. The van der Waals surface area contributed by atoms with Crippen LogP contribution in [0.15, 0.2) is 16.6 Å². The summed E-state index contributed by atoms with van der Waals surface area (Å²) in [5.41, 5.74) is 1.89. The van der Waals surface area contributed by atoms with Crippen LogP contribution in [-0.4, -0.2) is 38.0 Å². The SMILES string of the molecule is CC(C)OCCN(C)c1cc2c(cc1Br)C(=O)C(=O)N2. The Labute approximate surface area is 126 Å². The van der Waals surface area contributed by atoms with Crippen LogP contribution < -0.4 is 10.2 Å². The van der Waals surface area contributed by atoms with E-state index in [1.807, 2.05) is 25.8 Å². The second-order valence-corrected chi connectivity index (χ2v) is 5.83. The summed E-state index contributed by atoms with van der Waals surface area (Å²) in [6, 6.07) is 3.49. The first-order valence-electron chi connectivity index (χ1n) is 6.42. The lowest BCUT2D eigenvalue weighted by molar-refractivity contribution is -0.112. The number of benzene rings is 1. The van der Waals surface area contributed by atoms with Crippen molar-refractivity contribution in [2.45, 2.75) is 20.0 Å². The van der Waals surface area contributed by atoms with Gasteiger partial charge in [-0.2, -0.15) is 0 Å². The van der Waals surface area contributed by atoms with Gasteiger partial charge in [0.25, 0.3) is 11.7 Å². The molecule has 1 N–H and O–H groups in total. The molecule has 0 radical (unpaired) electrons. The van der Waals surface area contributed by atoms with Gasteiger partial charge in [-0.05, 0) is 41.9 Å². The molecule has 0 atom stereocenters. The third-order valence-corrected chi connectivity index (χ3v) is 3.71. The minimum atomic E-state index is -0.574. The van der Waals surface area contributed by atoms with Crippen LogP contribution in [0, 0.1) is 0 Å². The molecular formula is C14H17BrN2O3. The molecule has 5 nitrogen and oxygen atoms in total. The Hall–Kier alpha value is -1.40. The van der Waals surface area contributed by atoms with Gasteiger partial charge in [0.1, 0.15) is 0 Å². The quantitative estimate of drug-likeness (QED) is 0.836. The van der Waals surface area contributed by atoms with Gasteiger partial charge >= 0.3 is 0 Å². The van der Waals surface area contributed by atoms with Gasteiger partial charge in [-0.1, -0.05) is 0 Å². The van der Waals surface area contributed by atoms with Gasteiger partial charge < -0.3 is 15.0 Å². The zero-order chi connectivity index (χ0) is 14.9. The van der Waals surface area contributed by atoms with Crippen molar-refractivity contribution in [1.82, 2.24) is 0 Å². The zero-order valence-electron chi connectivity index (χ0n) is 11.7. The van der Waals surface area contributed by atoms with Crippen LogP contribution in [0.3, 0.4) is 0 Å². The molecule has 0 fully saturated rings. The fourth-order valence-electron chi connectivity index (χ4n) is 1.99. The van der Waals surface area contributed by atoms with Crippen molar-refractivity contribution in [2.75, 3.05) is 30.4 Å². The number of anilines is 2. The number of ether oxygens (including phenoxy) is 1. The molecule has 0 saturated heterocycles. The largest absolute Gasteiger partial charge is 0.377 e. The fourth-order valence-corrected chi connectivity index (χ4v) is 2.64. The molecular weight excluding hydrogens is 324 g/mol. The number of carbonyl (C=O) groups excluding carboxylic acids is 2. The number of hydrogen-bond donors (Lipinski definition) is 1. The second kappa shape index (κ2) is 5.93. The molecule has 0 aliphatic carbocycles. The number of fused-ring (bicyclic) bond motifs is 1. The van der Waals surface area contributed by atoms with E-state index < -0.39 is 11.7 Å². The predicted molar refractivity (Wildman–Crippen MR) is 81.5 cm³/mol. The number of likely N-dealkylation sites (N-methyl/N-ethyl adjacent to an activating group) is 1. The first-order valence-corrected chi connectivity index (χ1v) is 7.21. The highest BCUT2D eigenvalue weighted by molar-refractivity contribution is 9.10. The molecule has 20 heavy (non-hydrogen) atoms. The molecule has 2 rings (SSSR count). The topological polar surface area (TPSA) is 58.6 Å². The second-order valence-electron chi connectivity index (χ2n) is 4.97. The third kappa shape index (κ3) is 3.02. The maximum atomic E-state index is 11.6. The van der Waals surface area contributed by atoms with E-state index >= 15 is 0 Å². The van der Waals surface area contributed by atoms with Crippen molar-refractivity contribution < 1.29 is 14.3 Å². The molecule has 1 aromatic rings. The van der Waals surface area contributed by atoms with E-state index in [2.05, 4.69) is 21.2 Å². The Morgan fingerprint density at radius 3 is 2.70 bits per heavy atom. The molecule has 1 aliphatic rings. The Kier molecular flexibility index (Phi) is 4.45. The molecule has 1 amide bonds. The van der Waals surface area contributed by atoms with Crippen molar-refractivity contribution in [3.63, 3.8) is 0 Å². The number of Topliss-reactive ketones (excluding diaryl/α,β-unsaturated/α-hetero) is 1. The number of rotatable bonds is 5. The van der Waals surface area contributed by atoms with Gasteiger partial charge in [0.2, 0.25) is 0 Å². The summed E-state index contributed by atoms with van der Waals surface area (Å²) in [6.45, 7) is 5.32. The molecule has 0 unspecified atom stereocenters. The molecule has 0 saturated carbocycles. The van der Waals surface area contributed by atoms with Crippen molar-refractivity contribution in [3.8, 4) is 0 Å². The van der Waals surface area contributed by atoms with E-state index in [1.165, 1.54) is 0 Å². The lowest BCUT2D eigenvalue weighted by Gasteiger charge is -2.22. The molecule has 108 valence electrons. The fraction of sp³-hybridized carbons (Fsp3) is 0.429. The van der Waals surface area contributed by atoms with Gasteiger partial charge in [-0.15, -0.1) is 0 Å². The Morgan fingerprint density at radius 1 is 1.35 bits per heavy atom. The monoisotopic (exact) mass is 340 g/mol. The van der Waals surface area contributed by atoms with Gasteiger partial charge in [0.05, 0.1) is 29.6 Å². The molecule has 0 bridgehead atoms. The van der Waals surface area contributed by atoms with Crippen molar-refractivity contribution in [3.05, 3.63) is 22.2 Å².